The normalized spacial score (nSPS) is 11.1. The number of rotatable bonds is 4. The van der Waals surface area contributed by atoms with E-state index < -0.39 is 0 Å². The molecule has 0 saturated heterocycles. The van der Waals surface area contributed by atoms with Crippen LogP contribution < -0.4 is 0 Å². The third-order valence-corrected chi connectivity index (χ3v) is 9.61. The summed E-state index contributed by atoms with van der Waals surface area (Å²) in [4.78, 5) is 3.67. The average Bonchev–Trinajstić information content (AvgIpc) is 3.69. The molecule has 2 aromatic heterocycles. The van der Waals surface area contributed by atoms with Gasteiger partial charge in [-0.05, 0) is 94.9 Å². The molecule has 5 nitrogen and oxygen atoms in total. The molecule has 0 bridgehead atoms. The molecule has 7 aromatic carbocycles. The van der Waals surface area contributed by atoms with Crippen molar-refractivity contribution in [1.29, 1.82) is 10.5 Å². The Morgan fingerprint density at radius 2 is 1.04 bits per heavy atom. The van der Waals surface area contributed by atoms with Crippen LogP contribution in [0.25, 0.3) is 82.1 Å². The summed E-state index contributed by atoms with van der Waals surface area (Å²) in [7, 11) is 0. The van der Waals surface area contributed by atoms with Crippen LogP contribution in [0, 0.1) is 29.2 Å². The van der Waals surface area contributed by atoms with Gasteiger partial charge in [-0.15, -0.1) is 0 Å². The molecule has 230 valence electrons. The maximum absolute atomic E-state index is 9.96. The quantitative estimate of drug-likeness (QED) is 0.181. The maximum atomic E-state index is 9.96. The van der Waals surface area contributed by atoms with Gasteiger partial charge in [0.2, 0.25) is 0 Å². The molecule has 50 heavy (non-hydrogen) atoms. The third-order valence-electron chi connectivity index (χ3n) is 9.61. The van der Waals surface area contributed by atoms with Crippen LogP contribution in [0.15, 0.2) is 152 Å². The van der Waals surface area contributed by atoms with Gasteiger partial charge in [0.1, 0.15) is 0 Å². The molecule has 0 atom stereocenters. The number of nitrogens with zero attached hydrogens (tertiary/aromatic N) is 5. The Morgan fingerprint density at radius 1 is 0.460 bits per heavy atom. The van der Waals surface area contributed by atoms with Crippen molar-refractivity contribution in [3.63, 3.8) is 0 Å². The lowest BCUT2D eigenvalue weighted by atomic mass is 9.92. The minimum Gasteiger partial charge on any atom is -0.309 e. The molecule has 9 rings (SSSR count). The van der Waals surface area contributed by atoms with Crippen molar-refractivity contribution < 1.29 is 0 Å². The average molecular weight is 636 g/mol. The fourth-order valence-electron chi connectivity index (χ4n) is 7.38. The van der Waals surface area contributed by atoms with Crippen molar-refractivity contribution >= 4 is 49.3 Å². The highest BCUT2D eigenvalue weighted by Crippen LogP contribution is 2.41. The molecule has 0 fully saturated rings. The second-order valence-corrected chi connectivity index (χ2v) is 12.3. The van der Waals surface area contributed by atoms with E-state index >= 15 is 0 Å². The molecule has 0 aliphatic heterocycles. The summed E-state index contributed by atoms with van der Waals surface area (Å²) in [5.41, 5.74) is 12.0. The van der Waals surface area contributed by atoms with Crippen LogP contribution in [0.3, 0.4) is 0 Å². The zero-order chi connectivity index (χ0) is 33.8. The molecule has 0 radical (unpaired) electrons. The summed E-state index contributed by atoms with van der Waals surface area (Å²) in [5.74, 6) is 0. The number of hydrogen-bond acceptors (Lipinski definition) is 2. The van der Waals surface area contributed by atoms with E-state index in [9.17, 15) is 10.5 Å². The molecule has 0 spiro atoms. The Labute approximate surface area is 288 Å². The van der Waals surface area contributed by atoms with Gasteiger partial charge in [-0.25, -0.2) is 4.85 Å². The minimum atomic E-state index is 0.587. The molecule has 0 amide bonds. The SMILES string of the molecule is [C-]#[N+]c1ccc2c(c1)c1ccccc1n2-c1ccc(-c2cc(C#N)ccc2-c2ccccc2-n2c3ccccc3c3cc(C#N)ccc32)cc1. The van der Waals surface area contributed by atoms with Gasteiger partial charge in [0, 0.05) is 27.4 Å². The summed E-state index contributed by atoms with van der Waals surface area (Å²) in [5, 5.41) is 23.9. The molecule has 0 unspecified atom stereocenters. The molecule has 9 aromatic rings. The smallest absolute Gasteiger partial charge is 0.188 e. The van der Waals surface area contributed by atoms with Gasteiger partial charge in [0.25, 0.3) is 0 Å². The second kappa shape index (κ2) is 11.4. The Hall–Kier alpha value is -7.39. The van der Waals surface area contributed by atoms with E-state index in [1.807, 2.05) is 91.0 Å². The van der Waals surface area contributed by atoms with Gasteiger partial charge in [-0.3, -0.25) is 0 Å². The van der Waals surface area contributed by atoms with E-state index in [-0.39, 0.29) is 0 Å². The van der Waals surface area contributed by atoms with E-state index in [4.69, 9.17) is 6.57 Å². The van der Waals surface area contributed by atoms with Crippen molar-refractivity contribution in [2.75, 3.05) is 0 Å². The highest BCUT2D eigenvalue weighted by Gasteiger charge is 2.19. The summed E-state index contributed by atoms with van der Waals surface area (Å²) >= 11 is 0. The van der Waals surface area contributed by atoms with Crippen molar-refractivity contribution in [3.05, 3.63) is 174 Å². The van der Waals surface area contributed by atoms with E-state index in [0.29, 0.717) is 16.8 Å². The Kier molecular flexibility index (Phi) is 6.56. The Morgan fingerprint density at radius 3 is 1.78 bits per heavy atom. The van der Waals surface area contributed by atoms with Gasteiger partial charge in [-0.2, -0.15) is 10.5 Å². The lowest BCUT2D eigenvalue weighted by Gasteiger charge is -2.17. The first kappa shape index (κ1) is 28.8. The molecule has 0 N–H and O–H groups in total. The van der Waals surface area contributed by atoms with Crippen LogP contribution in [0.4, 0.5) is 5.69 Å². The van der Waals surface area contributed by atoms with Crippen LogP contribution in [0.1, 0.15) is 11.1 Å². The first-order chi connectivity index (χ1) is 24.7. The summed E-state index contributed by atoms with van der Waals surface area (Å²) in [6, 6.07) is 55.7. The number of hydrogen-bond donors (Lipinski definition) is 0. The van der Waals surface area contributed by atoms with Crippen LogP contribution in [-0.4, -0.2) is 9.13 Å². The zero-order valence-electron chi connectivity index (χ0n) is 26.7. The topological polar surface area (TPSA) is 61.8 Å². The van der Waals surface area contributed by atoms with Gasteiger partial charge < -0.3 is 9.13 Å². The van der Waals surface area contributed by atoms with Gasteiger partial charge in [0.15, 0.2) is 5.69 Å². The number of fused-ring (bicyclic) bond motifs is 6. The predicted molar refractivity (Wildman–Crippen MR) is 202 cm³/mol. The van der Waals surface area contributed by atoms with Crippen LogP contribution in [-0.2, 0) is 0 Å². The summed E-state index contributed by atoms with van der Waals surface area (Å²) in [6.45, 7) is 7.54. The highest BCUT2D eigenvalue weighted by molar-refractivity contribution is 6.11. The van der Waals surface area contributed by atoms with Crippen molar-refractivity contribution in [1.82, 2.24) is 9.13 Å². The molecule has 0 aliphatic carbocycles. The van der Waals surface area contributed by atoms with Gasteiger partial charge >= 0.3 is 0 Å². The Balaban J connectivity index is 1.23. The lowest BCUT2D eigenvalue weighted by molar-refractivity contribution is 1.18. The second-order valence-electron chi connectivity index (χ2n) is 12.3. The largest absolute Gasteiger partial charge is 0.309 e. The molecule has 0 aliphatic rings. The molecule has 0 saturated carbocycles. The predicted octanol–water partition coefficient (Wildman–Crippen LogP) is 11.5. The highest BCUT2D eigenvalue weighted by atomic mass is 15.0. The van der Waals surface area contributed by atoms with Crippen molar-refractivity contribution in [2.24, 2.45) is 0 Å². The number of aromatic nitrogens is 2. The minimum absolute atomic E-state index is 0.587. The molecule has 5 heteroatoms. The van der Waals surface area contributed by atoms with Gasteiger partial charge in [0.05, 0.1) is 57.6 Å². The van der Waals surface area contributed by atoms with E-state index in [2.05, 4.69) is 86.8 Å². The van der Waals surface area contributed by atoms with E-state index in [0.717, 1.165) is 77.2 Å². The van der Waals surface area contributed by atoms with E-state index in [1.54, 1.807) is 0 Å². The standard InChI is InChI=1S/C45H25N5/c1-48-32-18-23-44-40(26-32)37-10-3-5-11-41(37)49(44)33-19-16-31(17-20-33)38-24-29(27-46)14-21-34(38)35-8-2-6-12-42(35)50-43-13-7-4-9-36(43)39-25-30(28-47)15-22-45(39)50/h2-26H. The third kappa shape index (κ3) is 4.38. The monoisotopic (exact) mass is 635 g/mol. The zero-order valence-corrected chi connectivity index (χ0v) is 26.7. The maximum Gasteiger partial charge on any atom is 0.188 e. The molecular formula is C45H25N5. The number of benzene rings is 7. The number of para-hydroxylation sites is 3. The van der Waals surface area contributed by atoms with Crippen molar-refractivity contribution in [3.8, 4) is 45.8 Å². The summed E-state index contributed by atoms with van der Waals surface area (Å²) < 4.78 is 4.51. The van der Waals surface area contributed by atoms with E-state index in [1.165, 1.54) is 0 Å². The van der Waals surface area contributed by atoms with Crippen molar-refractivity contribution in [2.45, 2.75) is 0 Å². The van der Waals surface area contributed by atoms with Crippen LogP contribution in [0.2, 0.25) is 0 Å². The Bertz CT molecular complexity index is 2960. The fraction of sp³-hybridized carbons (Fsp3) is 0. The van der Waals surface area contributed by atoms with Gasteiger partial charge in [-0.1, -0.05) is 78.9 Å². The first-order valence-electron chi connectivity index (χ1n) is 16.3. The lowest BCUT2D eigenvalue weighted by Crippen LogP contribution is -1.98. The summed E-state index contributed by atoms with van der Waals surface area (Å²) in [6.07, 6.45) is 0. The molecule has 2 heterocycles. The fourth-order valence-corrected chi connectivity index (χ4v) is 7.38. The number of nitriles is 2. The van der Waals surface area contributed by atoms with Crippen LogP contribution in [0.5, 0.6) is 0 Å². The molecular weight excluding hydrogens is 611 g/mol. The van der Waals surface area contributed by atoms with Crippen LogP contribution >= 0.6 is 0 Å². The first-order valence-corrected chi connectivity index (χ1v) is 16.3.